The lowest BCUT2D eigenvalue weighted by atomic mass is 10.2. The van der Waals surface area contributed by atoms with Crippen LogP contribution in [0.4, 0.5) is 0 Å². The first-order valence-corrected chi connectivity index (χ1v) is 9.09. The number of benzene rings is 1. The minimum Gasteiger partial charge on any atom is -0.352 e. The summed E-state index contributed by atoms with van der Waals surface area (Å²) in [6, 6.07) is 4.03. The van der Waals surface area contributed by atoms with Gasteiger partial charge in [0.05, 0.1) is 5.02 Å². The Morgan fingerprint density at radius 3 is 2.65 bits per heavy atom. The quantitative estimate of drug-likeness (QED) is 0.641. The topological polar surface area (TPSA) is 63.2 Å². The van der Waals surface area contributed by atoms with E-state index in [9.17, 15) is 13.2 Å². The van der Waals surface area contributed by atoms with Crippen LogP contribution in [0.5, 0.6) is 0 Å². The maximum atomic E-state index is 11.9. The number of halogens is 2. The van der Waals surface area contributed by atoms with E-state index >= 15 is 0 Å². The van der Waals surface area contributed by atoms with Crippen molar-refractivity contribution >= 4 is 37.2 Å². The van der Waals surface area contributed by atoms with Crippen LogP contribution in [0, 0.1) is 5.92 Å². The van der Waals surface area contributed by atoms with Gasteiger partial charge in [-0.1, -0.05) is 24.4 Å². The molecule has 110 valence electrons. The molecule has 4 nitrogen and oxygen atoms in total. The van der Waals surface area contributed by atoms with Gasteiger partial charge in [-0.05, 0) is 37.0 Å². The Kier molecular flexibility index (Phi) is 4.94. The third kappa shape index (κ3) is 4.36. The molecule has 0 spiro atoms. The Balaban J connectivity index is 1.98. The maximum absolute atomic E-state index is 11.9. The van der Waals surface area contributed by atoms with E-state index in [0.717, 1.165) is 18.8 Å². The van der Waals surface area contributed by atoms with E-state index < -0.39 is 9.05 Å². The number of nitrogens with one attached hydrogen (secondary N) is 1. The van der Waals surface area contributed by atoms with Crippen LogP contribution < -0.4 is 5.32 Å². The highest BCUT2D eigenvalue weighted by molar-refractivity contribution is 8.13. The monoisotopic (exact) mass is 335 g/mol. The fraction of sp³-hybridized carbons (Fsp3) is 0.462. The van der Waals surface area contributed by atoms with Crippen molar-refractivity contribution in [2.24, 2.45) is 5.92 Å². The lowest BCUT2D eigenvalue weighted by Crippen LogP contribution is -2.24. The summed E-state index contributed by atoms with van der Waals surface area (Å²) in [5.74, 6) is 0.509. The van der Waals surface area contributed by atoms with Gasteiger partial charge in [0.15, 0.2) is 0 Å². The second-order valence-corrected chi connectivity index (χ2v) is 7.87. The highest BCUT2D eigenvalue weighted by Gasteiger charge is 2.20. The van der Waals surface area contributed by atoms with Gasteiger partial charge in [0.25, 0.3) is 15.0 Å². The fourth-order valence-electron chi connectivity index (χ4n) is 1.93. The van der Waals surface area contributed by atoms with Gasteiger partial charge in [-0.2, -0.15) is 0 Å². The number of rotatable bonds is 6. The molecule has 0 aromatic heterocycles. The minimum atomic E-state index is -3.96. The van der Waals surface area contributed by atoms with Crippen molar-refractivity contribution < 1.29 is 13.2 Å². The van der Waals surface area contributed by atoms with E-state index in [4.69, 9.17) is 22.3 Å². The molecule has 0 unspecified atom stereocenters. The van der Waals surface area contributed by atoms with Crippen molar-refractivity contribution in [1.82, 2.24) is 5.32 Å². The molecule has 1 aromatic rings. The van der Waals surface area contributed by atoms with Crippen molar-refractivity contribution in [1.29, 1.82) is 0 Å². The number of carbonyl (C=O) groups excluding carboxylic acids is 1. The summed E-state index contributed by atoms with van der Waals surface area (Å²) in [6.45, 7) is 0.584. The second-order valence-electron chi connectivity index (χ2n) is 4.92. The van der Waals surface area contributed by atoms with Crippen LogP contribution in [0.1, 0.15) is 36.0 Å². The summed E-state index contributed by atoms with van der Waals surface area (Å²) in [5, 5.41) is 2.77. The summed E-state index contributed by atoms with van der Waals surface area (Å²) in [5.41, 5.74) is 0.236. The van der Waals surface area contributed by atoms with Crippen molar-refractivity contribution in [3.63, 3.8) is 0 Å². The zero-order chi connectivity index (χ0) is 14.8. The van der Waals surface area contributed by atoms with Gasteiger partial charge in [-0.25, -0.2) is 8.42 Å². The first kappa shape index (κ1) is 15.6. The average Bonchev–Trinajstić information content (AvgIpc) is 3.17. The molecule has 2 rings (SSSR count). The van der Waals surface area contributed by atoms with Crippen molar-refractivity contribution in [3.8, 4) is 0 Å². The minimum absolute atomic E-state index is 0.00489. The van der Waals surface area contributed by atoms with Gasteiger partial charge in [0.1, 0.15) is 4.90 Å². The second kappa shape index (κ2) is 6.33. The van der Waals surface area contributed by atoms with Crippen LogP contribution >= 0.6 is 22.3 Å². The smallest absolute Gasteiger partial charge is 0.262 e. The molecule has 0 radical (unpaired) electrons. The Bertz CT molecular complexity index is 612. The predicted molar refractivity (Wildman–Crippen MR) is 78.8 cm³/mol. The van der Waals surface area contributed by atoms with Crippen LogP contribution in [0.2, 0.25) is 5.02 Å². The molecular weight excluding hydrogens is 321 g/mol. The largest absolute Gasteiger partial charge is 0.352 e. The third-order valence-electron chi connectivity index (χ3n) is 3.23. The molecule has 0 bridgehead atoms. The van der Waals surface area contributed by atoms with Crippen molar-refractivity contribution in [3.05, 3.63) is 28.8 Å². The Morgan fingerprint density at radius 1 is 1.35 bits per heavy atom. The average molecular weight is 336 g/mol. The number of hydrogen-bond donors (Lipinski definition) is 1. The van der Waals surface area contributed by atoms with Gasteiger partial charge >= 0.3 is 0 Å². The standard InChI is InChI=1S/C13H15Cl2NO3S/c14-11-6-5-10(8-12(11)20(15,18)19)13(17)16-7-1-2-9-3-4-9/h5-6,8-9H,1-4,7H2,(H,16,17). The van der Waals surface area contributed by atoms with Crippen LogP contribution in [0.25, 0.3) is 0 Å². The SMILES string of the molecule is O=C(NCCCC1CC1)c1ccc(Cl)c(S(=O)(=O)Cl)c1. The van der Waals surface area contributed by atoms with Gasteiger partial charge in [-0.15, -0.1) is 0 Å². The zero-order valence-electron chi connectivity index (χ0n) is 10.7. The normalized spacial score (nSPS) is 15.1. The molecule has 1 fully saturated rings. The van der Waals surface area contributed by atoms with Gasteiger partial charge in [-0.3, -0.25) is 4.79 Å². The molecule has 1 N–H and O–H groups in total. The first-order valence-electron chi connectivity index (χ1n) is 6.40. The summed E-state index contributed by atoms with van der Waals surface area (Å²) < 4.78 is 22.6. The van der Waals surface area contributed by atoms with Crippen molar-refractivity contribution in [2.75, 3.05) is 6.54 Å². The van der Waals surface area contributed by atoms with E-state index in [1.54, 1.807) is 0 Å². The summed E-state index contributed by atoms with van der Waals surface area (Å²) in [6.07, 6.45) is 4.65. The predicted octanol–water partition coefficient (Wildman–Crippen LogP) is 3.19. The number of carbonyl (C=O) groups is 1. The van der Waals surface area contributed by atoms with Gasteiger partial charge in [0, 0.05) is 22.8 Å². The Hall–Kier alpha value is -0.780. The highest BCUT2D eigenvalue weighted by Crippen LogP contribution is 2.33. The molecule has 0 aliphatic heterocycles. The molecule has 7 heteroatoms. The van der Waals surface area contributed by atoms with E-state index in [1.807, 2.05) is 0 Å². The molecule has 0 atom stereocenters. The fourth-order valence-corrected chi connectivity index (χ4v) is 3.43. The first-order chi connectivity index (χ1) is 9.38. The molecule has 1 aliphatic carbocycles. The Labute approximate surface area is 127 Å². The molecular formula is C13H15Cl2NO3S. The van der Waals surface area contributed by atoms with Gasteiger partial charge in [0.2, 0.25) is 0 Å². The summed E-state index contributed by atoms with van der Waals surface area (Å²) in [4.78, 5) is 11.7. The van der Waals surface area contributed by atoms with Crippen LogP contribution in [-0.2, 0) is 9.05 Å². The van der Waals surface area contributed by atoms with Crippen molar-refractivity contribution in [2.45, 2.75) is 30.6 Å². The number of hydrogen-bond acceptors (Lipinski definition) is 3. The van der Waals surface area contributed by atoms with E-state index in [-0.39, 0.29) is 21.4 Å². The van der Waals surface area contributed by atoms with E-state index in [0.29, 0.717) is 6.54 Å². The molecule has 20 heavy (non-hydrogen) atoms. The lowest BCUT2D eigenvalue weighted by Gasteiger charge is -2.07. The highest BCUT2D eigenvalue weighted by atomic mass is 35.7. The van der Waals surface area contributed by atoms with Crippen LogP contribution in [-0.4, -0.2) is 20.9 Å². The van der Waals surface area contributed by atoms with Crippen LogP contribution in [0.15, 0.2) is 23.1 Å². The molecule has 1 aliphatic rings. The zero-order valence-corrected chi connectivity index (χ0v) is 13.1. The lowest BCUT2D eigenvalue weighted by molar-refractivity contribution is 0.0952. The molecule has 0 saturated heterocycles. The van der Waals surface area contributed by atoms with Crippen LogP contribution in [0.3, 0.4) is 0 Å². The molecule has 1 aromatic carbocycles. The van der Waals surface area contributed by atoms with E-state index in [1.165, 1.54) is 31.0 Å². The van der Waals surface area contributed by atoms with Gasteiger partial charge < -0.3 is 5.32 Å². The third-order valence-corrected chi connectivity index (χ3v) is 5.03. The summed E-state index contributed by atoms with van der Waals surface area (Å²) in [7, 11) is 1.31. The van der Waals surface area contributed by atoms with E-state index in [2.05, 4.69) is 5.32 Å². The maximum Gasteiger partial charge on any atom is 0.262 e. The molecule has 0 heterocycles. The summed E-state index contributed by atoms with van der Waals surface area (Å²) >= 11 is 5.76. The molecule has 1 amide bonds. The Morgan fingerprint density at radius 2 is 2.05 bits per heavy atom. The molecule has 1 saturated carbocycles. The number of amides is 1.